The van der Waals surface area contributed by atoms with Gasteiger partial charge < -0.3 is 15.4 Å². The zero-order chi connectivity index (χ0) is 12.5. The van der Waals surface area contributed by atoms with Gasteiger partial charge in [0.2, 0.25) is 5.91 Å². The van der Waals surface area contributed by atoms with Gasteiger partial charge in [0.25, 0.3) is 0 Å². The van der Waals surface area contributed by atoms with E-state index in [0.29, 0.717) is 19.1 Å². The Kier molecular flexibility index (Phi) is 7.21. The molecule has 1 saturated heterocycles. The summed E-state index contributed by atoms with van der Waals surface area (Å²) < 4.78 is 5.49. The van der Waals surface area contributed by atoms with E-state index in [1.165, 1.54) is 19.3 Å². The number of piperidine rings is 1. The van der Waals surface area contributed by atoms with Gasteiger partial charge in [0.1, 0.15) is 0 Å². The van der Waals surface area contributed by atoms with Gasteiger partial charge in [0.15, 0.2) is 0 Å². The fraction of sp³-hybridized carbons (Fsp3) is 0.923. The van der Waals surface area contributed by atoms with Gasteiger partial charge in [-0.05, 0) is 39.7 Å². The molecule has 1 amide bonds. The molecule has 0 spiro atoms. The second kappa shape index (κ2) is 8.48. The molecule has 0 aromatic carbocycles. The van der Waals surface area contributed by atoms with Crippen molar-refractivity contribution < 1.29 is 9.53 Å². The van der Waals surface area contributed by atoms with Crippen molar-refractivity contribution in [2.75, 3.05) is 19.8 Å². The van der Waals surface area contributed by atoms with Gasteiger partial charge >= 0.3 is 0 Å². The summed E-state index contributed by atoms with van der Waals surface area (Å²) in [5, 5.41) is 6.34. The van der Waals surface area contributed by atoms with E-state index in [2.05, 4.69) is 10.6 Å². The highest BCUT2D eigenvalue weighted by Crippen LogP contribution is 2.09. The third-order valence-electron chi connectivity index (χ3n) is 2.95. The first-order valence-corrected chi connectivity index (χ1v) is 6.79. The molecule has 100 valence electrons. The standard InChI is InChI=1S/C13H26N2O2/c1-11(2)15-13(16)7-10-17-9-6-12-5-3-4-8-14-12/h11-12,14H,3-10H2,1-2H3,(H,15,16). The van der Waals surface area contributed by atoms with Gasteiger partial charge in [-0.1, -0.05) is 6.42 Å². The number of carbonyl (C=O) groups is 1. The molecule has 4 nitrogen and oxygen atoms in total. The molecular weight excluding hydrogens is 216 g/mol. The molecule has 1 fully saturated rings. The van der Waals surface area contributed by atoms with E-state index in [4.69, 9.17) is 4.74 Å². The highest BCUT2D eigenvalue weighted by molar-refractivity contribution is 5.76. The lowest BCUT2D eigenvalue weighted by Crippen LogP contribution is -2.35. The summed E-state index contributed by atoms with van der Waals surface area (Å²) >= 11 is 0. The molecule has 1 rings (SSSR count). The minimum atomic E-state index is 0.0794. The van der Waals surface area contributed by atoms with Crippen molar-refractivity contribution in [2.45, 2.75) is 58.0 Å². The minimum Gasteiger partial charge on any atom is -0.381 e. The average Bonchev–Trinajstić information content (AvgIpc) is 2.29. The third kappa shape index (κ3) is 7.34. The van der Waals surface area contributed by atoms with Crippen molar-refractivity contribution in [3.63, 3.8) is 0 Å². The van der Waals surface area contributed by atoms with Crippen LogP contribution in [-0.4, -0.2) is 37.7 Å². The first-order chi connectivity index (χ1) is 8.18. The topological polar surface area (TPSA) is 50.4 Å². The van der Waals surface area contributed by atoms with E-state index in [1.54, 1.807) is 0 Å². The van der Waals surface area contributed by atoms with Gasteiger partial charge in [-0.2, -0.15) is 0 Å². The number of nitrogens with one attached hydrogen (secondary N) is 2. The van der Waals surface area contributed by atoms with Gasteiger partial charge in [-0.25, -0.2) is 0 Å². The Labute approximate surface area is 104 Å². The highest BCUT2D eigenvalue weighted by atomic mass is 16.5. The van der Waals surface area contributed by atoms with Crippen molar-refractivity contribution in [3.05, 3.63) is 0 Å². The number of ether oxygens (including phenoxy) is 1. The van der Waals surface area contributed by atoms with Gasteiger partial charge in [0, 0.05) is 25.1 Å². The van der Waals surface area contributed by atoms with Crippen molar-refractivity contribution >= 4 is 5.91 Å². The first-order valence-electron chi connectivity index (χ1n) is 6.79. The number of amides is 1. The quantitative estimate of drug-likeness (QED) is 0.664. The molecule has 0 bridgehead atoms. The maximum Gasteiger partial charge on any atom is 0.222 e. The Bertz CT molecular complexity index is 213. The van der Waals surface area contributed by atoms with Crippen LogP contribution in [0.1, 0.15) is 46.0 Å². The summed E-state index contributed by atoms with van der Waals surface area (Å²) in [6.07, 6.45) is 5.42. The Morgan fingerprint density at radius 1 is 1.41 bits per heavy atom. The maximum absolute atomic E-state index is 11.3. The van der Waals surface area contributed by atoms with Crippen molar-refractivity contribution in [1.29, 1.82) is 0 Å². The molecular formula is C13H26N2O2. The molecule has 1 aliphatic heterocycles. The zero-order valence-corrected chi connectivity index (χ0v) is 11.1. The normalized spacial score (nSPS) is 20.5. The van der Waals surface area contributed by atoms with Crippen LogP contribution in [0.15, 0.2) is 0 Å². The lowest BCUT2D eigenvalue weighted by Gasteiger charge is -2.23. The molecule has 4 heteroatoms. The van der Waals surface area contributed by atoms with Crippen LogP contribution in [0, 0.1) is 0 Å². The fourth-order valence-electron chi connectivity index (χ4n) is 2.06. The molecule has 1 heterocycles. The summed E-state index contributed by atoms with van der Waals surface area (Å²) in [5.74, 6) is 0.0794. The SMILES string of the molecule is CC(C)NC(=O)CCOCCC1CCCCN1. The molecule has 0 saturated carbocycles. The summed E-state index contributed by atoms with van der Waals surface area (Å²) in [5.41, 5.74) is 0. The monoisotopic (exact) mass is 242 g/mol. The Morgan fingerprint density at radius 3 is 2.88 bits per heavy atom. The van der Waals surface area contributed by atoms with Crippen LogP contribution in [0.25, 0.3) is 0 Å². The number of rotatable bonds is 7. The predicted octanol–water partition coefficient (Wildman–Crippen LogP) is 1.45. The van der Waals surface area contributed by atoms with E-state index < -0.39 is 0 Å². The van der Waals surface area contributed by atoms with E-state index >= 15 is 0 Å². The molecule has 1 atom stereocenters. The summed E-state index contributed by atoms with van der Waals surface area (Å²) in [4.78, 5) is 11.3. The van der Waals surface area contributed by atoms with Crippen LogP contribution in [0.4, 0.5) is 0 Å². The van der Waals surface area contributed by atoms with E-state index in [0.717, 1.165) is 19.6 Å². The van der Waals surface area contributed by atoms with Crippen molar-refractivity contribution in [3.8, 4) is 0 Å². The smallest absolute Gasteiger partial charge is 0.222 e. The number of carbonyl (C=O) groups excluding carboxylic acids is 1. The maximum atomic E-state index is 11.3. The van der Waals surface area contributed by atoms with Crippen LogP contribution in [0.2, 0.25) is 0 Å². The molecule has 17 heavy (non-hydrogen) atoms. The molecule has 0 aromatic heterocycles. The van der Waals surface area contributed by atoms with Crippen LogP contribution >= 0.6 is 0 Å². The second-order valence-corrected chi connectivity index (χ2v) is 5.02. The van der Waals surface area contributed by atoms with Crippen LogP contribution in [-0.2, 0) is 9.53 Å². The Hall–Kier alpha value is -0.610. The molecule has 2 N–H and O–H groups in total. The molecule has 0 aliphatic carbocycles. The predicted molar refractivity (Wildman–Crippen MR) is 69.0 cm³/mol. The molecule has 0 aromatic rings. The van der Waals surface area contributed by atoms with E-state index in [9.17, 15) is 4.79 Å². The largest absolute Gasteiger partial charge is 0.381 e. The second-order valence-electron chi connectivity index (χ2n) is 5.02. The molecule has 0 radical (unpaired) electrons. The fourth-order valence-corrected chi connectivity index (χ4v) is 2.06. The third-order valence-corrected chi connectivity index (χ3v) is 2.95. The highest BCUT2D eigenvalue weighted by Gasteiger charge is 2.11. The number of hydrogen-bond acceptors (Lipinski definition) is 3. The van der Waals surface area contributed by atoms with Gasteiger partial charge in [-0.3, -0.25) is 4.79 Å². The van der Waals surface area contributed by atoms with Crippen LogP contribution in [0.3, 0.4) is 0 Å². The van der Waals surface area contributed by atoms with Gasteiger partial charge in [0.05, 0.1) is 6.61 Å². The van der Waals surface area contributed by atoms with Gasteiger partial charge in [-0.15, -0.1) is 0 Å². The van der Waals surface area contributed by atoms with Crippen molar-refractivity contribution in [1.82, 2.24) is 10.6 Å². The Balaban J connectivity index is 1.91. The summed E-state index contributed by atoms with van der Waals surface area (Å²) in [6.45, 7) is 6.36. The molecule has 1 aliphatic rings. The average molecular weight is 242 g/mol. The zero-order valence-electron chi connectivity index (χ0n) is 11.1. The lowest BCUT2D eigenvalue weighted by molar-refractivity contribution is -0.122. The minimum absolute atomic E-state index is 0.0794. The number of hydrogen-bond donors (Lipinski definition) is 2. The summed E-state index contributed by atoms with van der Waals surface area (Å²) in [7, 11) is 0. The first kappa shape index (κ1) is 14.5. The van der Waals surface area contributed by atoms with Crippen LogP contribution < -0.4 is 10.6 Å². The van der Waals surface area contributed by atoms with Crippen molar-refractivity contribution in [2.24, 2.45) is 0 Å². The van der Waals surface area contributed by atoms with E-state index in [1.807, 2.05) is 13.8 Å². The van der Waals surface area contributed by atoms with Crippen LogP contribution in [0.5, 0.6) is 0 Å². The molecule has 1 unspecified atom stereocenters. The Morgan fingerprint density at radius 2 is 2.24 bits per heavy atom. The summed E-state index contributed by atoms with van der Waals surface area (Å²) in [6, 6.07) is 0.835. The van der Waals surface area contributed by atoms with E-state index in [-0.39, 0.29) is 11.9 Å². The lowest BCUT2D eigenvalue weighted by atomic mass is 10.0.